The predicted octanol–water partition coefficient (Wildman–Crippen LogP) is 1.57. The zero-order valence-electron chi connectivity index (χ0n) is 12.2. The minimum atomic E-state index is -0.728. The van der Waals surface area contributed by atoms with Crippen LogP contribution in [0.3, 0.4) is 0 Å². The molecule has 0 unspecified atom stereocenters. The summed E-state index contributed by atoms with van der Waals surface area (Å²) in [5.41, 5.74) is 11.9. The number of carbonyl (C=O) groups is 2. The Hall–Kier alpha value is -2.15. The van der Waals surface area contributed by atoms with Crippen molar-refractivity contribution in [1.82, 2.24) is 10.3 Å². The van der Waals surface area contributed by atoms with Crippen LogP contribution in [0, 0.1) is 6.92 Å². The van der Waals surface area contributed by atoms with E-state index >= 15 is 0 Å². The average molecular weight is 306 g/mol. The van der Waals surface area contributed by atoms with Gasteiger partial charge in [0.1, 0.15) is 9.71 Å². The molecule has 2 aromatic rings. The number of rotatable bonds is 4. The van der Waals surface area contributed by atoms with Gasteiger partial charge in [0.25, 0.3) is 5.91 Å². The number of nitrogen functional groups attached to an aromatic ring is 1. The van der Waals surface area contributed by atoms with E-state index in [9.17, 15) is 9.59 Å². The largest absolute Gasteiger partial charge is 0.397 e. The molecule has 0 saturated carbocycles. The van der Waals surface area contributed by atoms with Crippen LogP contribution in [0.1, 0.15) is 35.5 Å². The van der Waals surface area contributed by atoms with Crippen LogP contribution in [0.2, 0.25) is 0 Å². The minimum absolute atomic E-state index is 0.0564. The number of nitrogens with two attached hydrogens (primary N) is 2. The summed E-state index contributed by atoms with van der Waals surface area (Å²) in [5, 5.41) is 3.59. The Bertz CT molecular complexity index is 721. The molecule has 21 heavy (non-hydrogen) atoms. The van der Waals surface area contributed by atoms with Crippen molar-refractivity contribution in [2.75, 3.05) is 5.73 Å². The molecule has 0 atom stereocenters. The maximum Gasteiger partial charge on any atom is 0.263 e. The highest BCUT2D eigenvalue weighted by atomic mass is 32.1. The number of nitrogens with one attached hydrogen (secondary N) is 1. The molecular weight excluding hydrogens is 288 g/mol. The van der Waals surface area contributed by atoms with E-state index in [1.54, 1.807) is 20.0 Å². The van der Waals surface area contributed by atoms with E-state index in [1.165, 1.54) is 11.3 Å². The first-order valence-corrected chi connectivity index (χ1v) is 7.27. The molecule has 0 radical (unpaired) electrons. The average Bonchev–Trinajstić information content (AvgIpc) is 2.65. The zero-order chi connectivity index (χ0) is 15.8. The number of fused-ring (bicyclic) bond motifs is 1. The van der Waals surface area contributed by atoms with Crippen LogP contribution in [0.5, 0.6) is 0 Å². The summed E-state index contributed by atoms with van der Waals surface area (Å²) in [6, 6.07) is 1.85. The van der Waals surface area contributed by atoms with E-state index in [1.807, 2.05) is 13.0 Å². The third kappa shape index (κ3) is 3.13. The summed E-state index contributed by atoms with van der Waals surface area (Å²) in [6.45, 7) is 5.40. The Labute approximate surface area is 126 Å². The first-order chi connectivity index (χ1) is 9.71. The summed E-state index contributed by atoms with van der Waals surface area (Å²) in [7, 11) is 0. The van der Waals surface area contributed by atoms with Gasteiger partial charge in [0.05, 0.1) is 5.69 Å². The van der Waals surface area contributed by atoms with Crippen molar-refractivity contribution >= 4 is 39.1 Å². The highest BCUT2D eigenvalue weighted by Crippen LogP contribution is 2.34. The Kier molecular flexibility index (Phi) is 3.87. The van der Waals surface area contributed by atoms with Crippen molar-refractivity contribution in [3.05, 3.63) is 22.7 Å². The fraction of sp³-hybridized carbons (Fsp3) is 0.357. The minimum Gasteiger partial charge on any atom is -0.397 e. The van der Waals surface area contributed by atoms with E-state index in [0.29, 0.717) is 10.6 Å². The van der Waals surface area contributed by atoms with Crippen molar-refractivity contribution in [2.24, 2.45) is 5.73 Å². The first kappa shape index (κ1) is 15.2. The highest BCUT2D eigenvalue weighted by Gasteiger charge is 2.26. The van der Waals surface area contributed by atoms with E-state index in [-0.39, 0.29) is 12.3 Å². The molecule has 0 fully saturated rings. The van der Waals surface area contributed by atoms with Crippen LogP contribution in [-0.4, -0.2) is 22.3 Å². The molecule has 2 amide bonds. The lowest BCUT2D eigenvalue weighted by molar-refractivity contribution is -0.119. The lowest BCUT2D eigenvalue weighted by Crippen LogP contribution is -2.45. The Morgan fingerprint density at radius 1 is 1.43 bits per heavy atom. The lowest BCUT2D eigenvalue weighted by atomic mass is 10.00. The SMILES string of the molecule is Cc1ccnc2sc(C(=O)NC(C)(C)CC(N)=O)c(N)c12. The molecule has 0 aliphatic rings. The third-order valence-corrected chi connectivity index (χ3v) is 4.22. The van der Waals surface area contributed by atoms with Crippen molar-refractivity contribution < 1.29 is 9.59 Å². The fourth-order valence-corrected chi connectivity index (χ4v) is 3.25. The smallest absolute Gasteiger partial charge is 0.263 e. The van der Waals surface area contributed by atoms with Gasteiger partial charge in [0.2, 0.25) is 5.91 Å². The molecule has 2 rings (SSSR count). The maximum atomic E-state index is 12.4. The number of amides is 2. The Morgan fingerprint density at radius 2 is 2.10 bits per heavy atom. The van der Waals surface area contributed by atoms with Crippen LogP contribution < -0.4 is 16.8 Å². The number of hydrogen-bond donors (Lipinski definition) is 3. The van der Waals surface area contributed by atoms with E-state index in [4.69, 9.17) is 11.5 Å². The molecule has 7 heteroatoms. The second-order valence-electron chi connectivity index (χ2n) is 5.63. The van der Waals surface area contributed by atoms with Crippen LogP contribution in [0.25, 0.3) is 10.2 Å². The molecule has 2 heterocycles. The number of hydrogen-bond acceptors (Lipinski definition) is 5. The van der Waals surface area contributed by atoms with Gasteiger partial charge in [-0.1, -0.05) is 0 Å². The summed E-state index contributed by atoms with van der Waals surface area (Å²) < 4.78 is 0. The Balaban J connectivity index is 2.34. The van der Waals surface area contributed by atoms with Crippen LogP contribution in [0.4, 0.5) is 5.69 Å². The fourth-order valence-electron chi connectivity index (χ4n) is 2.22. The maximum absolute atomic E-state index is 12.4. The molecule has 0 spiro atoms. The Morgan fingerprint density at radius 3 is 2.67 bits per heavy atom. The summed E-state index contributed by atoms with van der Waals surface area (Å²) in [4.78, 5) is 28.8. The predicted molar refractivity (Wildman–Crippen MR) is 84.1 cm³/mol. The number of aromatic nitrogens is 1. The number of primary amides is 1. The van der Waals surface area contributed by atoms with Crippen LogP contribution in [0.15, 0.2) is 12.3 Å². The van der Waals surface area contributed by atoms with Gasteiger partial charge in [0.15, 0.2) is 0 Å². The summed E-state index contributed by atoms with van der Waals surface area (Å²) in [5.74, 6) is -0.789. The van der Waals surface area contributed by atoms with Gasteiger partial charge in [0, 0.05) is 23.5 Å². The van der Waals surface area contributed by atoms with Gasteiger partial charge in [-0.05, 0) is 32.4 Å². The number of nitrogens with zero attached hydrogens (tertiary/aromatic N) is 1. The molecule has 0 aliphatic heterocycles. The second kappa shape index (κ2) is 5.33. The molecule has 0 bridgehead atoms. The topological polar surface area (TPSA) is 111 Å². The molecule has 112 valence electrons. The highest BCUT2D eigenvalue weighted by molar-refractivity contribution is 7.21. The van der Waals surface area contributed by atoms with Gasteiger partial charge < -0.3 is 16.8 Å². The molecule has 0 aliphatic carbocycles. The molecule has 6 nitrogen and oxygen atoms in total. The zero-order valence-corrected chi connectivity index (χ0v) is 13.0. The van der Waals surface area contributed by atoms with Crippen LogP contribution >= 0.6 is 11.3 Å². The van der Waals surface area contributed by atoms with Crippen molar-refractivity contribution in [2.45, 2.75) is 32.7 Å². The van der Waals surface area contributed by atoms with E-state index in [0.717, 1.165) is 15.8 Å². The molecule has 2 aromatic heterocycles. The summed E-state index contributed by atoms with van der Waals surface area (Å²) >= 11 is 1.24. The molecule has 0 saturated heterocycles. The quantitative estimate of drug-likeness (QED) is 0.796. The van der Waals surface area contributed by atoms with Gasteiger partial charge in [-0.25, -0.2) is 4.98 Å². The number of aryl methyl sites for hydroxylation is 1. The van der Waals surface area contributed by atoms with Gasteiger partial charge in [-0.2, -0.15) is 0 Å². The molecular formula is C14H18N4O2S. The van der Waals surface area contributed by atoms with Gasteiger partial charge in [-0.15, -0.1) is 11.3 Å². The number of anilines is 1. The first-order valence-electron chi connectivity index (χ1n) is 6.45. The van der Waals surface area contributed by atoms with Crippen molar-refractivity contribution in [1.29, 1.82) is 0 Å². The number of carbonyl (C=O) groups excluding carboxylic acids is 2. The van der Waals surface area contributed by atoms with Crippen molar-refractivity contribution in [3.63, 3.8) is 0 Å². The third-order valence-electron chi connectivity index (χ3n) is 3.11. The number of thiophene rings is 1. The molecule has 5 N–H and O–H groups in total. The van der Waals surface area contributed by atoms with Crippen LogP contribution in [-0.2, 0) is 4.79 Å². The molecule has 0 aromatic carbocycles. The normalized spacial score (nSPS) is 11.6. The van der Waals surface area contributed by atoms with Gasteiger partial charge in [-0.3, -0.25) is 9.59 Å². The monoisotopic (exact) mass is 306 g/mol. The lowest BCUT2D eigenvalue weighted by Gasteiger charge is -2.24. The standard InChI is InChI=1S/C14H18N4O2S/c1-7-4-5-17-13-9(7)10(16)11(21-13)12(20)18-14(2,3)6-8(15)19/h4-5H,6,16H2,1-3H3,(H2,15,19)(H,18,20). The second-order valence-corrected chi connectivity index (χ2v) is 6.63. The van der Waals surface area contributed by atoms with E-state index < -0.39 is 11.4 Å². The van der Waals surface area contributed by atoms with E-state index in [2.05, 4.69) is 10.3 Å². The van der Waals surface area contributed by atoms with Gasteiger partial charge >= 0.3 is 0 Å². The van der Waals surface area contributed by atoms with Crippen molar-refractivity contribution in [3.8, 4) is 0 Å². The number of pyridine rings is 1. The summed E-state index contributed by atoms with van der Waals surface area (Å²) in [6.07, 6.45) is 1.74.